The van der Waals surface area contributed by atoms with Crippen molar-refractivity contribution in [1.29, 1.82) is 0 Å². The fourth-order valence-corrected chi connectivity index (χ4v) is 4.64. The van der Waals surface area contributed by atoms with Crippen molar-refractivity contribution in [2.75, 3.05) is 11.9 Å². The summed E-state index contributed by atoms with van der Waals surface area (Å²) in [6, 6.07) is 10.4. The molecule has 1 aromatic carbocycles. The summed E-state index contributed by atoms with van der Waals surface area (Å²) < 4.78 is 0. The number of hydrogen-bond donors (Lipinski definition) is 2. The zero-order valence-electron chi connectivity index (χ0n) is 14.0. The fraction of sp³-hybridized carbons (Fsp3) is 0.368. The standard InChI is InChI=1S/C19H21N3O2S/c20-17(23)16-14-8-9-22(10-12-4-2-1-3-5-12)11-15(14)25-19(16)21-18(24)13-6-7-13/h1-5,13H,6-11H2,(H2,20,23)(H,21,24). The second kappa shape index (κ2) is 6.61. The number of fused-ring (bicyclic) bond motifs is 1. The fourth-order valence-electron chi connectivity index (χ4n) is 3.34. The Kier molecular flexibility index (Phi) is 4.31. The molecule has 1 saturated carbocycles. The number of amides is 2. The first-order chi connectivity index (χ1) is 12.1. The maximum Gasteiger partial charge on any atom is 0.251 e. The summed E-state index contributed by atoms with van der Waals surface area (Å²) in [5, 5.41) is 3.57. The summed E-state index contributed by atoms with van der Waals surface area (Å²) in [5.41, 5.74) is 8.43. The largest absolute Gasteiger partial charge is 0.365 e. The van der Waals surface area contributed by atoms with E-state index in [4.69, 9.17) is 5.73 Å². The second-order valence-corrected chi connectivity index (χ2v) is 7.89. The Bertz CT molecular complexity index is 812. The van der Waals surface area contributed by atoms with E-state index in [1.165, 1.54) is 16.9 Å². The number of anilines is 1. The van der Waals surface area contributed by atoms with Gasteiger partial charge in [-0.3, -0.25) is 14.5 Å². The van der Waals surface area contributed by atoms with E-state index in [1.807, 2.05) is 18.2 Å². The SMILES string of the molecule is NC(=O)c1c(NC(=O)C2CC2)sc2c1CCN(Cc1ccccc1)C2. The number of carbonyl (C=O) groups excluding carboxylic acids is 2. The first-order valence-corrected chi connectivity index (χ1v) is 9.45. The third-order valence-electron chi connectivity index (χ3n) is 4.82. The number of thiophene rings is 1. The molecule has 0 saturated heterocycles. The minimum absolute atomic E-state index is 0.0160. The average Bonchev–Trinajstić information content (AvgIpc) is 3.37. The van der Waals surface area contributed by atoms with Crippen LogP contribution in [0.15, 0.2) is 30.3 Å². The van der Waals surface area contributed by atoms with Gasteiger partial charge in [-0.2, -0.15) is 0 Å². The summed E-state index contributed by atoms with van der Waals surface area (Å²) in [6.45, 7) is 2.55. The van der Waals surface area contributed by atoms with Crippen LogP contribution >= 0.6 is 11.3 Å². The highest BCUT2D eigenvalue weighted by Gasteiger charge is 2.32. The van der Waals surface area contributed by atoms with Gasteiger partial charge in [-0.15, -0.1) is 11.3 Å². The van der Waals surface area contributed by atoms with Gasteiger partial charge >= 0.3 is 0 Å². The molecular weight excluding hydrogens is 334 g/mol. The Hall–Kier alpha value is -2.18. The first kappa shape index (κ1) is 16.3. The lowest BCUT2D eigenvalue weighted by Gasteiger charge is -2.27. The smallest absolute Gasteiger partial charge is 0.251 e. The first-order valence-electron chi connectivity index (χ1n) is 8.63. The van der Waals surface area contributed by atoms with Crippen molar-refractivity contribution < 1.29 is 9.59 Å². The van der Waals surface area contributed by atoms with E-state index in [2.05, 4.69) is 22.3 Å². The van der Waals surface area contributed by atoms with Crippen LogP contribution in [0.4, 0.5) is 5.00 Å². The minimum Gasteiger partial charge on any atom is -0.365 e. The molecule has 3 N–H and O–H groups in total. The predicted octanol–water partition coefficient (Wildman–Crippen LogP) is 2.75. The summed E-state index contributed by atoms with van der Waals surface area (Å²) in [4.78, 5) is 27.6. The van der Waals surface area contributed by atoms with Crippen molar-refractivity contribution in [1.82, 2.24) is 4.90 Å². The molecule has 2 amide bonds. The Morgan fingerprint density at radius 3 is 2.68 bits per heavy atom. The summed E-state index contributed by atoms with van der Waals surface area (Å²) >= 11 is 1.50. The third-order valence-corrected chi connectivity index (χ3v) is 5.95. The maximum absolute atomic E-state index is 12.1. The number of benzene rings is 1. The van der Waals surface area contributed by atoms with E-state index in [9.17, 15) is 9.59 Å². The van der Waals surface area contributed by atoms with Crippen molar-refractivity contribution in [3.05, 3.63) is 51.9 Å². The van der Waals surface area contributed by atoms with E-state index in [0.717, 1.165) is 49.3 Å². The summed E-state index contributed by atoms with van der Waals surface area (Å²) in [5.74, 6) is -0.322. The molecule has 0 radical (unpaired) electrons. The van der Waals surface area contributed by atoms with Crippen molar-refractivity contribution in [3.8, 4) is 0 Å². The van der Waals surface area contributed by atoms with Gasteiger partial charge in [-0.1, -0.05) is 30.3 Å². The number of primary amides is 1. The van der Waals surface area contributed by atoms with Gasteiger partial charge in [-0.05, 0) is 30.4 Å². The third kappa shape index (κ3) is 3.45. The van der Waals surface area contributed by atoms with Crippen molar-refractivity contribution >= 4 is 28.2 Å². The lowest BCUT2D eigenvalue weighted by Crippen LogP contribution is -2.30. The molecule has 0 spiro atoms. The molecule has 1 aliphatic heterocycles. The van der Waals surface area contributed by atoms with Gasteiger partial charge in [0.15, 0.2) is 0 Å². The van der Waals surface area contributed by atoms with Crippen LogP contribution in [0.5, 0.6) is 0 Å². The molecule has 1 fully saturated rings. The lowest BCUT2D eigenvalue weighted by atomic mass is 10.0. The Morgan fingerprint density at radius 1 is 1.24 bits per heavy atom. The van der Waals surface area contributed by atoms with E-state index in [-0.39, 0.29) is 11.8 Å². The summed E-state index contributed by atoms with van der Waals surface area (Å²) in [6.07, 6.45) is 2.66. The van der Waals surface area contributed by atoms with E-state index < -0.39 is 5.91 Å². The number of nitrogens with zero attached hydrogens (tertiary/aromatic N) is 1. The zero-order valence-corrected chi connectivity index (χ0v) is 14.8. The molecule has 25 heavy (non-hydrogen) atoms. The second-order valence-electron chi connectivity index (χ2n) is 6.78. The average molecular weight is 355 g/mol. The molecule has 0 unspecified atom stereocenters. The van der Waals surface area contributed by atoms with Crippen molar-refractivity contribution in [2.24, 2.45) is 11.7 Å². The number of rotatable bonds is 5. The Morgan fingerprint density at radius 2 is 2.00 bits per heavy atom. The summed E-state index contributed by atoms with van der Waals surface area (Å²) in [7, 11) is 0. The van der Waals surface area contributed by atoms with Crippen molar-refractivity contribution in [3.63, 3.8) is 0 Å². The van der Waals surface area contributed by atoms with Gasteiger partial charge < -0.3 is 11.1 Å². The molecule has 6 heteroatoms. The number of nitrogens with two attached hydrogens (primary N) is 1. The molecular formula is C19H21N3O2S. The lowest BCUT2D eigenvalue weighted by molar-refractivity contribution is -0.117. The van der Waals surface area contributed by atoms with Gasteiger partial charge in [0.1, 0.15) is 5.00 Å². The topological polar surface area (TPSA) is 75.4 Å². The highest BCUT2D eigenvalue weighted by molar-refractivity contribution is 7.17. The molecule has 4 rings (SSSR count). The Labute approximate surface area is 150 Å². The van der Waals surface area contributed by atoms with Crippen molar-refractivity contribution in [2.45, 2.75) is 32.4 Å². The number of hydrogen-bond acceptors (Lipinski definition) is 4. The van der Waals surface area contributed by atoms with Crippen LogP contribution in [-0.4, -0.2) is 23.3 Å². The number of nitrogens with one attached hydrogen (secondary N) is 1. The normalized spacial score (nSPS) is 17.1. The minimum atomic E-state index is -0.444. The van der Waals surface area contributed by atoms with Gasteiger partial charge in [0, 0.05) is 30.4 Å². The highest BCUT2D eigenvalue weighted by Crippen LogP contribution is 2.39. The van der Waals surface area contributed by atoms with Crippen LogP contribution in [0.3, 0.4) is 0 Å². The van der Waals surface area contributed by atoms with Crippen LogP contribution < -0.4 is 11.1 Å². The zero-order chi connectivity index (χ0) is 17.4. The van der Waals surface area contributed by atoms with Crippen LogP contribution in [0, 0.1) is 5.92 Å². The maximum atomic E-state index is 12.1. The Balaban J connectivity index is 1.55. The van der Waals surface area contributed by atoms with Crippen LogP contribution in [-0.2, 0) is 24.3 Å². The quantitative estimate of drug-likeness (QED) is 0.866. The van der Waals surface area contributed by atoms with Gasteiger partial charge in [0.05, 0.1) is 5.56 Å². The van der Waals surface area contributed by atoms with Crippen LogP contribution in [0.2, 0.25) is 0 Å². The highest BCUT2D eigenvalue weighted by atomic mass is 32.1. The molecule has 2 aromatic rings. The van der Waals surface area contributed by atoms with Gasteiger partial charge in [0.25, 0.3) is 5.91 Å². The van der Waals surface area contributed by atoms with E-state index in [0.29, 0.717) is 10.6 Å². The molecule has 1 aliphatic carbocycles. The van der Waals surface area contributed by atoms with Crippen LogP contribution in [0.25, 0.3) is 0 Å². The monoisotopic (exact) mass is 355 g/mol. The van der Waals surface area contributed by atoms with Gasteiger partial charge in [-0.25, -0.2) is 0 Å². The molecule has 2 heterocycles. The van der Waals surface area contributed by atoms with E-state index >= 15 is 0 Å². The number of carbonyl (C=O) groups is 2. The van der Waals surface area contributed by atoms with Crippen LogP contribution in [0.1, 0.15) is 39.2 Å². The molecule has 1 aromatic heterocycles. The van der Waals surface area contributed by atoms with E-state index in [1.54, 1.807) is 0 Å². The predicted molar refractivity (Wildman–Crippen MR) is 98.5 cm³/mol. The molecule has 130 valence electrons. The molecule has 0 atom stereocenters. The molecule has 0 bridgehead atoms. The molecule has 5 nitrogen and oxygen atoms in total. The molecule has 2 aliphatic rings. The van der Waals surface area contributed by atoms with Gasteiger partial charge in [0.2, 0.25) is 5.91 Å².